The molecule has 2 aromatic rings. The molecule has 0 atom stereocenters. The zero-order valence-electron chi connectivity index (χ0n) is 12.5. The van der Waals surface area contributed by atoms with E-state index in [0.717, 1.165) is 17.8 Å². The minimum atomic E-state index is -0.387. The highest BCUT2D eigenvalue weighted by Gasteiger charge is 2.11. The van der Waals surface area contributed by atoms with Gasteiger partial charge in [0.1, 0.15) is 0 Å². The maximum absolute atomic E-state index is 10.6. The van der Waals surface area contributed by atoms with Gasteiger partial charge in [0, 0.05) is 44.0 Å². The summed E-state index contributed by atoms with van der Waals surface area (Å²) in [6.07, 6.45) is 2.03. The fourth-order valence-electron chi connectivity index (χ4n) is 2.25. The van der Waals surface area contributed by atoms with Crippen LogP contribution >= 0.6 is 0 Å². The molecule has 0 saturated heterocycles. The topological polar surface area (TPSA) is 73.0 Å². The van der Waals surface area contributed by atoms with Crippen LogP contribution < -0.4 is 5.32 Å². The summed E-state index contributed by atoms with van der Waals surface area (Å²) >= 11 is 0. The van der Waals surface area contributed by atoms with Gasteiger partial charge in [-0.15, -0.1) is 0 Å². The van der Waals surface area contributed by atoms with Crippen LogP contribution in [0.5, 0.6) is 0 Å². The second kappa shape index (κ2) is 6.49. The molecule has 112 valence electrons. The van der Waals surface area contributed by atoms with Crippen molar-refractivity contribution in [1.82, 2.24) is 15.1 Å². The predicted octanol–water partition coefficient (Wildman–Crippen LogP) is 2.74. The van der Waals surface area contributed by atoms with Crippen LogP contribution in [0.1, 0.15) is 36.6 Å². The first-order chi connectivity index (χ1) is 9.97. The highest BCUT2D eigenvalue weighted by Crippen LogP contribution is 2.17. The third-order valence-electron chi connectivity index (χ3n) is 3.28. The molecular formula is C15H20N4O2. The zero-order chi connectivity index (χ0) is 15.4. The summed E-state index contributed by atoms with van der Waals surface area (Å²) in [6.45, 7) is 5.66. The van der Waals surface area contributed by atoms with Gasteiger partial charge in [0.15, 0.2) is 0 Å². The SMILES string of the molecule is CC(C)c1nn(C)cc1CNCc1ccc([N+](=O)[O-])cc1. The van der Waals surface area contributed by atoms with Crippen molar-refractivity contribution in [2.45, 2.75) is 32.9 Å². The fourth-order valence-corrected chi connectivity index (χ4v) is 2.25. The van der Waals surface area contributed by atoms with E-state index >= 15 is 0 Å². The smallest absolute Gasteiger partial charge is 0.269 e. The van der Waals surface area contributed by atoms with Gasteiger partial charge in [-0.3, -0.25) is 14.8 Å². The van der Waals surface area contributed by atoms with Crippen LogP contribution in [0.25, 0.3) is 0 Å². The van der Waals surface area contributed by atoms with Crippen molar-refractivity contribution < 1.29 is 4.92 Å². The van der Waals surface area contributed by atoms with Crippen LogP contribution in [0, 0.1) is 10.1 Å². The maximum Gasteiger partial charge on any atom is 0.269 e. The standard InChI is InChI=1S/C15H20N4O2/c1-11(2)15-13(10-18(3)17-15)9-16-8-12-4-6-14(7-5-12)19(20)21/h4-7,10-11,16H,8-9H2,1-3H3. The number of benzene rings is 1. The summed E-state index contributed by atoms with van der Waals surface area (Å²) in [5, 5.41) is 18.4. The lowest BCUT2D eigenvalue weighted by atomic mass is 10.1. The average molecular weight is 288 g/mol. The van der Waals surface area contributed by atoms with E-state index in [1.807, 2.05) is 17.9 Å². The second-order valence-corrected chi connectivity index (χ2v) is 5.40. The third-order valence-corrected chi connectivity index (χ3v) is 3.28. The first kappa shape index (κ1) is 15.2. The van der Waals surface area contributed by atoms with E-state index in [9.17, 15) is 10.1 Å². The van der Waals surface area contributed by atoms with E-state index in [-0.39, 0.29) is 10.6 Å². The first-order valence-electron chi connectivity index (χ1n) is 6.94. The molecular weight excluding hydrogens is 268 g/mol. The van der Waals surface area contributed by atoms with E-state index in [1.54, 1.807) is 12.1 Å². The second-order valence-electron chi connectivity index (χ2n) is 5.40. The number of aryl methyl sites for hydroxylation is 1. The van der Waals surface area contributed by atoms with Gasteiger partial charge in [0.2, 0.25) is 0 Å². The van der Waals surface area contributed by atoms with Crippen molar-refractivity contribution >= 4 is 5.69 Å². The summed E-state index contributed by atoms with van der Waals surface area (Å²) < 4.78 is 1.83. The third kappa shape index (κ3) is 3.88. The summed E-state index contributed by atoms with van der Waals surface area (Å²) in [7, 11) is 1.92. The Labute approximate surface area is 123 Å². The minimum Gasteiger partial charge on any atom is -0.308 e. The van der Waals surface area contributed by atoms with E-state index < -0.39 is 0 Å². The summed E-state index contributed by atoms with van der Waals surface area (Å²) in [5.74, 6) is 0.391. The number of nitro benzene ring substituents is 1. The number of nitrogens with one attached hydrogen (secondary N) is 1. The number of rotatable bonds is 6. The van der Waals surface area contributed by atoms with E-state index in [2.05, 4.69) is 24.3 Å². The van der Waals surface area contributed by atoms with Gasteiger partial charge < -0.3 is 5.32 Å². The summed E-state index contributed by atoms with van der Waals surface area (Å²) in [4.78, 5) is 10.2. The fraction of sp³-hybridized carbons (Fsp3) is 0.400. The highest BCUT2D eigenvalue weighted by molar-refractivity contribution is 5.32. The largest absolute Gasteiger partial charge is 0.308 e. The molecule has 2 rings (SSSR count). The van der Waals surface area contributed by atoms with Crippen LogP contribution in [0.15, 0.2) is 30.5 Å². The lowest BCUT2D eigenvalue weighted by molar-refractivity contribution is -0.384. The van der Waals surface area contributed by atoms with Gasteiger partial charge >= 0.3 is 0 Å². The Morgan fingerprint density at radius 1 is 1.29 bits per heavy atom. The molecule has 1 N–H and O–H groups in total. The molecule has 1 aromatic heterocycles. The zero-order valence-corrected chi connectivity index (χ0v) is 12.5. The molecule has 0 saturated carbocycles. The molecule has 0 fully saturated rings. The van der Waals surface area contributed by atoms with Crippen molar-refractivity contribution in [2.24, 2.45) is 7.05 Å². The average Bonchev–Trinajstić information content (AvgIpc) is 2.81. The number of hydrogen-bond acceptors (Lipinski definition) is 4. The normalized spacial score (nSPS) is 11.0. The van der Waals surface area contributed by atoms with Gasteiger partial charge in [-0.05, 0) is 11.5 Å². The summed E-state index contributed by atoms with van der Waals surface area (Å²) in [6, 6.07) is 6.61. The Morgan fingerprint density at radius 3 is 2.52 bits per heavy atom. The Balaban J connectivity index is 1.94. The molecule has 0 bridgehead atoms. The molecule has 1 heterocycles. The van der Waals surface area contributed by atoms with Crippen LogP contribution in [0.4, 0.5) is 5.69 Å². The van der Waals surface area contributed by atoms with Gasteiger partial charge in [0.25, 0.3) is 5.69 Å². The lowest BCUT2D eigenvalue weighted by Gasteiger charge is -2.07. The molecule has 0 aliphatic rings. The van der Waals surface area contributed by atoms with Crippen LogP contribution in [0.2, 0.25) is 0 Å². The number of nitro groups is 1. The van der Waals surface area contributed by atoms with E-state index in [0.29, 0.717) is 12.5 Å². The number of non-ortho nitro benzene ring substituents is 1. The predicted molar refractivity (Wildman–Crippen MR) is 80.9 cm³/mol. The van der Waals surface area contributed by atoms with Crippen molar-refractivity contribution in [3.8, 4) is 0 Å². The van der Waals surface area contributed by atoms with Crippen LogP contribution in [-0.2, 0) is 20.1 Å². The number of hydrogen-bond donors (Lipinski definition) is 1. The van der Waals surface area contributed by atoms with E-state index in [1.165, 1.54) is 17.7 Å². The van der Waals surface area contributed by atoms with Crippen molar-refractivity contribution in [3.05, 3.63) is 57.4 Å². The van der Waals surface area contributed by atoms with Crippen molar-refractivity contribution in [1.29, 1.82) is 0 Å². The number of aromatic nitrogens is 2. The Hall–Kier alpha value is -2.21. The molecule has 0 unspecified atom stereocenters. The lowest BCUT2D eigenvalue weighted by Crippen LogP contribution is -2.13. The van der Waals surface area contributed by atoms with Crippen LogP contribution in [0.3, 0.4) is 0 Å². The molecule has 0 spiro atoms. The minimum absolute atomic E-state index is 0.119. The molecule has 0 aliphatic carbocycles. The molecule has 0 radical (unpaired) electrons. The summed E-state index contributed by atoms with van der Waals surface area (Å²) in [5.41, 5.74) is 3.44. The Kier molecular flexibility index (Phi) is 4.70. The van der Waals surface area contributed by atoms with Gasteiger partial charge in [-0.1, -0.05) is 26.0 Å². The number of nitrogens with zero attached hydrogens (tertiary/aromatic N) is 3. The van der Waals surface area contributed by atoms with Gasteiger partial charge in [-0.25, -0.2) is 0 Å². The van der Waals surface area contributed by atoms with Gasteiger partial charge in [0.05, 0.1) is 10.6 Å². The highest BCUT2D eigenvalue weighted by atomic mass is 16.6. The molecule has 0 aliphatic heterocycles. The monoisotopic (exact) mass is 288 g/mol. The maximum atomic E-state index is 10.6. The van der Waals surface area contributed by atoms with Gasteiger partial charge in [-0.2, -0.15) is 5.10 Å². The molecule has 1 aromatic carbocycles. The van der Waals surface area contributed by atoms with Crippen molar-refractivity contribution in [3.63, 3.8) is 0 Å². The molecule has 6 heteroatoms. The first-order valence-corrected chi connectivity index (χ1v) is 6.94. The van der Waals surface area contributed by atoms with E-state index in [4.69, 9.17) is 0 Å². The Morgan fingerprint density at radius 2 is 1.95 bits per heavy atom. The molecule has 6 nitrogen and oxygen atoms in total. The Bertz CT molecular complexity index is 617. The quantitative estimate of drug-likeness (QED) is 0.655. The van der Waals surface area contributed by atoms with Crippen LogP contribution in [-0.4, -0.2) is 14.7 Å². The molecule has 21 heavy (non-hydrogen) atoms. The molecule has 0 amide bonds. The van der Waals surface area contributed by atoms with Crippen molar-refractivity contribution in [2.75, 3.05) is 0 Å².